The van der Waals surface area contributed by atoms with Crippen molar-refractivity contribution in [3.63, 3.8) is 0 Å². The zero-order valence-corrected chi connectivity index (χ0v) is 15.3. The summed E-state index contributed by atoms with van der Waals surface area (Å²) in [5.74, 6) is 1.56. The molecule has 1 aromatic carbocycles. The Kier molecular flexibility index (Phi) is 5.23. The SMILES string of the molecule is CCCC(CCC)C(=O)N=c1sc2cc3c(cc2n1CC)OCO3. The first-order valence-electron chi connectivity index (χ1n) is 8.69. The van der Waals surface area contributed by atoms with Crippen molar-refractivity contribution in [2.45, 2.75) is 53.0 Å². The first-order chi connectivity index (χ1) is 11.7. The van der Waals surface area contributed by atoms with Gasteiger partial charge in [-0.3, -0.25) is 4.79 Å². The van der Waals surface area contributed by atoms with Gasteiger partial charge < -0.3 is 14.0 Å². The highest BCUT2D eigenvalue weighted by Gasteiger charge is 2.19. The summed E-state index contributed by atoms with van der Waals surface area (Å²) in [4.78, 5) is 17.8. The molecule has 0 unspecified atom stereocenters. The van der Waals surface area contributed by atoms with Crippen LogP contribution in [0.25, 0.3) is 10.2 Å². The molecule has 0 radical (unpaired) electrons. The molecule has 0 spiro atoms. The van der Waals surface area contributed by atoms with Gasteiger partial charge in [0, 0.05) is 24.6 Å². The van der Waals surface area contributed by atoms with Crippen LogP contribution in [0.2, 0.25) is 0 Å². The summed E-state index contributed by atoms with van der Waals surface area (Å²) in [5, 5.41) is 0. The molecule has 6 heteroatoms. The van der Waals surface area contributed by atoms with Gasteiger partial charge in [0.1, 0.15) is 0 Å². The van der Waals surface area contributed by atoms with E-state index in [4.69, 9.17) is 9.47 Å². The molecule has 0 bridgehead atoms. The molecule has 0 atom stereocenters. The van der Waals surface area contributed by atoms with Crippen LogP contribution >= 0.6 is 11.3 Å². The molecule has 0 saturated carbocycles. The van der Waals surface area contributed by atoms with Crippen molar-refractivity contribution in [1.29, 1.82) is 0 Å². The van der Waals surface area contributed by atoms with Gasteiger partial charge in [0.2, 0.25) is 6.79 Å². The number of benzene rings is 1. The van der Waals surface area contributed by atoms with Crippen LogP contribution in [0.4, 0.5) is 0 Å². The van der Waals surface area contributed by atoms with E-state index in [0.717, 1.165) is 58.7 Å². The maximum atomic E-state index is 12.6. The van der Waals surface area contributed by atoms with E-state index in [0.29, 0.717) is 0 Å². The van der Waals surface area contributed by atoms with Crippen LogP contribution in [-0.4, -0.2) is 17.3 Å². The largest absolute Gasteiger partial charge is 0.454 e. The lowest BCUT2D eigenvalue weighted by Crippen LogP contribution is -2.20. The van der Waals surface area contributed by atoms with Crippen LogP contribution in [0.5, 0.6) is 11.5 Å². The summed E-state index contributed by atoms with van der Waals surface area (Å²) in [6.07, 6.45) is 3.83. The minimum atomic E-state index is 0.00694. The van der Waals surface area contributed by atoms with E-state index in [9.17, 15) is 4.79 Å². The van der Waals surface area contributed by atoms with E-state index in [1.807, 2.05) is 12.1 Å². The zero-order valence-electron chi connectivity index (χ0n) is 14.5. The van der Waals surface area contributed by atoms with Gasteiger partial charge in [-0.05, 0) is 19.8 Å². The number of carbonyl (C=O) groups is 1. The molecule has 2 heterocycles. The number of nitrogens with zero attached hydrogens (tertiary/aromatic N) is 2. The summed E-state index contributed by atoms with van der Waals surface area (Å²) in [6, 6.07) is 3.96. The van der Waals surface area contributed by atoms with Crippen molar-refractivity contribution in [2.24, 2.45) is 10.9 Å². The second kappa shape index (κ2) is 7.38. The molecule has 3 rings (SSSR count). The average molecular weight is 348 g/mol. The molecular weight excluding hydrogens is 324 g/mol. The molecule has 1 aliphatic heterocycles. The highest BCUT2D eigenvalue weighted by molar-refractivity contribution is 7.16. The molecule has 0 fully saturated rings. The Morgan fingerprint density at radius 3 is 2.50 bits per heavy atom. The van der Waals surface area contributed by atoms with E-state index in [-0.39, 0.29) is 18.6 Å². The minimum absolute atomic E-state index is 0.00694. The minimum Gasteiger partial charge on any atom is -0.454 e. The Balaban J connectivity index is 2.03. The lowest BCUT2D eigenvalue weighted by Gasteiger charge is -2.10. The van der Waals surface area contributed by atoms with E-state index < -0.39 is 0 Å². The summed E-state index contributed by atoms with van der Waals surface area (Å²) >= 11 is 1.54. The first-order valence-corrected chi connectivity index (χ1v) is 9.51. The molecular formula is C18H24N2O3S. The van der Waals surface area contributed by atoms with E-state index in [1.165, 1.54) is 11.3 Å². The van der Waals surface area contributed by atoms with E-state index in [2.05, 4.69) is 30.3 Å². The van der Waals surface area contributed by atoms with Gasteiger partial charge in [-0.25, -0.2) is 0 Å². The number of ether oxygens (including phenoxy) is 2. The van der Waals surface area contributed by atoms with Gasteiger partial charge in [0.25, 0.3) is 5.91 Å². The maximum Gasteiger partial charge on any atom is 0.251 e. The Labute approximate surface area is 145 Å². The van der Waals surface area contributed by atoms with Gasteiger partial charge in [0.15, 0.2) is 16.3 Å². The molecule has 5 nitrogen and oxygen atoms in total. The van der Waals surface area contributed by atoms with E-state index >= 15 is 0 Å². The second-order valence-corrected chi connectivity index (χ2v) is 7.04. The van der Waals surface area contributed by atoms with Crippen molar-refractivity contribution < 1.29 is 14.3 Å². The van der Waals surface area contributed by atoms with Gasteiger partial charge in [-0.15, -0.1) is 0 Å². The highest BCUT2D eigenvalue weighted by atomic mass is 32.1. The van der Waals surface area contributed by atoms with Crippen molar-refractivity contribution in [3.8, 4) is 11.5 Å². The highest BCUT2D eigenvalue weighted by Crippen LogP contribution is 2.36. The van der Waals surface area contributed by atoms with Crippen molar-refractivity contribution in [1.82, 2.24) is 4.57 Å². The maximum absolute atomic E-state index is 12.6. The fourth-order valence-corrected chi connectivity index (χ4v) is 4.23. The third-order valence-electron chi connectivity index (χ3n) is 4.32. The summed E-state index contributed by atoms with van der Waals surface area (Å²) in [6.45, 7) is 7.32. The number of amides is 1. The van der Waals surface area contributed by atoms with Crippen molar-refractivity contribution >= 4 is 27.5 Å². The molecule has 0 aliphatic carbocycles. The molecule has 1 aliphatic rings. The molecule has 0 saturated heterocycles. The molecule has 1 aromatic heterocycles. The predicted molar refractivity (Wildman–Crippen MR) is 95.5 cm³/mol. The Bertz CT molecular complexity index is 800. The van der Waals surface area contributed by atoms with Crippen LogP contribution in [-0.2, 0) is 11.3 Å². The molecule has 130 valence electrons. The molecule has 2 aromatic rings. The smallest absolute Gasteiger partial charge is 0.251 e. The Morgan fingerprint density at radius 1 is 1.21 bits per heavy atom. The number of aromatic nitrogens is 1. The lowest BCUT2D eigenvalue weighted by atomic mass is 9.98. The van der Waals surface area contributed by atoms with E-state index in [1.54, 1.807) is 0 Å². The van der Waals surface area contributed by atoms with Gasteiger partial charge in [-0.2, -0.15) is 4.99 Å². The van der Waals surface area contributed by atoms with Crippen LogP contribution in [0, 0.1) is 5.92 Å². The normalized spacial score (nSPS) is 14.1. The van der Waals surface area contributed by atoms with Gasteiger partial charge >= 0.3 is 0 Å². The lowest BCUT2D eigenvalue weighted by molar-refractivity contribution is -0.122. The van der Waals surface area contributed by atoms with Crippen LogP contribution in [0.15, 0.2) is 17.1 Å². The third kappa shape index (κ3) is 3.20. The number of rotatable bonds is 6. The van der Waals surface area contributed by atoms with Crippen molar-refractivity contribution in [3.05, 3.63) is 16.9 Å². The molecule has 0 N–H and O–H groups in total. The predicted octanol–water partition coefficient (Wildman–Crippen LogP) is 4.10. The molecule has 1 amide bonds. The third-order valence-corrected chi connectivity index (χ3v) is 5.36. The second-order valence-electron chi connectivity index (χ2n) is 6.03. The number of aryl methyl sites for hydroxylation is 1. The fourth-order valence-electron chi connectivity index (χ4n) is 3.12. The summed E-state index contributed by atoms with van der Waals surface area (Å²) < 4.78 is 14.1. The number of hydrogen-bond donors (Lipinski definition) is 0. The van der Waals surface area contributed by atoms with Crippen LogP contribution in [0.1, 0.15) is 46.5 Å². The molecule has 24 heavy (non-hydrogen) atoms. The standard InChI is InChI=1S/C18H24N2O3S/c1-4-7-12(8-5-2)17(21)19-18-20(6-3)13-9-14-15(23-11-22-14)10-16(13)24-18/h9-10,12H,4-8,11H2,1-3H3. The number of carbonyl (C=O) groups excluding carboxylic acids is 1. The topological polar surface area (TPSA) is 52.8 Å². The first kappa shape index (κ1) is 17.0. The van der Waals surface area contributed by atoms with Crippen LogP contribution in [0.3, 0.4) is 0 Å². The number of thiazole rings is 1. The Hall–Kier alpha value is -1.82. The van der Waals surface area contributed by atoms with Crippen molar-refractivity contribution in [2.75, 3.05) is 6.79 Å². The number of hydrogen-bond acceptors (Lipinski definition) is 4. The summed E-state index contributed by atoms with van der Waals surface area (Å²) in [5.41, 5.74) is 1.04. The average Bonchev–Trinajstić information content (AvgIpc) is 3.15. The van der Waals surface area contributed by atoms with Gasteiger partial charge in [-0.1, -0.05) is 38.0 Å². The van der Waals surface area contributed by atoms with Crippen LogP contribution < -0.4 is 14.3 Å². The number of fused-ring (bicyclic) bond motifs is 2. The summed E-state index contributed by atoms with van der Waals surface area (Å²) in [7, 11) is 0. The van der Waals surface area contributed by atoms with Gasteiger partial charge in [0.05, 0.1) is 10.2 Å². The quantitative estimate of drug-likeness (QED) is 0.790. The zero-order chi connectivity index (χ0) is 17.1. The monoisotopic (exact) mass is 348 g/mol. The fraction of sp³-hybridized carbons (Fsp3) is 0.556. The Morgan fingerprint density at radius 2 is 1.88 bits per heavy atom.